The maximum absolute atomic E-state index is 12.2. The Labute approximate surface area is 139 Å². The number of rotatable bonds is 6. The third-order valence-electron chi connectivity index (χ3n) is 3.01. The standard InChI is InChI=1S/C15H15BrO4S2/c16-13(11-21(17,18)14-7-3-1-4-8-14)12-22(19,20)15-9-5-2-6-10-15/h1-10,13H,11-12H2. The molecular formula is C15H15BrO4S2. The molecule has 0 amide bonds. The molecule has 0 aliphatic rings. The maximum atomic E-state index is 12.2. The fourth-order valence-electron chi connectivity index (χ4n) is 1.97. The molecule has 0 fully saturated rings. The lowest BCUT2D eigenvalue weighted by Gasteiger charge is -2.11. The molecule has 0 unspecified atom stereocenters. The van der Waals surface area contributed by atoms with Gasteiger partial charge in [0.1, 0.15) is 0 Å². The minimum absolute atomic E-state index is 0.191. The first-order valence-electron chi connectivity index (χ1n) is 6.51. The minimum Gasteiger partial charge on any atom is -0.224 e. The summed E-state index contributed by atoms with van der Waals surface area (Å²) < 4.78 is 49.0. The lowest BCUT2D eigenvalue weighted by atomic mass is 10.4. The van der Waals surface area contributed by atoms with Crippen molar-refractivity contribution in [3.8, 4) is 0 Å². The van der Waals surface area contributed by atoms with Gasteiger partial charge in [0, 0.05) is 4.83 Å². The molecule has 0 aromatic heterocycles. The summed E-state index contributed by atoms with van der Waals surface area (Å²) in [5.41, 5.74) is 0. The monoisotopic (exact) mass is 402 g/mol. The van der Waals surface area contributed by atoms with Gasteiger partial charge in [0.05, 0.1) is 21.3 Å². The van der Waals surface area contributed by atoms with Gasteiger partial charge in [0.25, 0.3) is 0 Å². The van der Waals surface area contributed by atoms with Gasteiger partial charge in [0.15, 0.2) is 19.7 Å². The molecule has 0 atom stereocenters. The predicted octanol–water partition coefficient (Wildman–Crippen LogP) is 2.70. The van der Waals surface area contributed by atoms with E-state index in [4.69, 9.17) is 0 Å². The van der Waals surface area contributed by atoms with Crippen molar-refractivity contribution in [3.05, 3.63) is 60.7 Å². The van der Waals surface area contributed by atoms with Crippen molar-refractivity contribution < 1.29 is 16.8 Å². The quantitative estimate of drug-likeness (QED) is 0.696. The zero-order chi connectivity index (χ0) is 16.2. The first-order valence-corrected chi connectivity index (χ1v) is 10.7. The third kappa shape index (κ3) is 4.41. The van der Waals surface area contributed by atoms with Crippen LogP contribution in [0.1, 0.15) is 0 Å². The maximum Gasteiger partial charge on any atom is 0.179 e. The van der Waals surface area contributed by atoms with E-state index in [1.54, 1.807) is 36.4 Å². The average molecular weight is 403 g/mol. The zero-order valence-corrected chi connectivity index (χ0v) is 14.8. The Morgan fingerprint density at radius 2 is 1.00 bits per heavy atom. The minimum atomic E-state index is -3.53. The molecule has 2 rings (SSSR count). The van der Waals surface area contributed by atoms with Crippen LogP contribution in [0.3, 0.4) is 0 Å². The highest BCUT2D eigenvalue weighted by Crippen LogP contribution is 2.19. The smallest absolute Gasteiger partial charge is 0.179 e. The average Bonchev–Trinajstić information content (AvgIpc) is 2.48. The summed E-state index contributed by atoms with van der Waals surface area (Å²) in [5, 5.41) is 0. The molecule has 4 nitrogen and oxygen atoms in total. The van der Waals surface area contributed by atoms with Crippen molar-refractivity contribution >= 4 is 35.6 Å². The first-order chi connectivity index (χ1) is 10.3. The largest absolute Gasteiger partial charge is 0.224 e. The lowest BCUT2D eigenvalue weighted by Crippen LogP contribution is -2.24. The number of alkyl halides is 1. The third-order valence-corrected chi connectivity index (χ3v) is 8.17. The van der Waals surface area contributed by atoms with Gasteiger partial charge in [-0.1, -0.05) is 52.3 Å². The van der Waals surface area contributed by atoms with Gasteiger partial charge >= 0.3 is 0 Å². The number of hydrogen-bond acceptors (Lipinski definition) is 4. The van der Waals surface area contributed by atoms with E-state index >= 15 is 0 Å². The summed E-state index contributed by atoms with van der Waals surface area (Å²) in [4.78, 5) is -0.295. The van der Waals surface area contributed by atoms with Crippen LogP contribution in [0.4, 0.5) is 0 Å². The molecule has 0 radical (unpaired) electrons. The van der Waals surface area contributed by atoms with E-state index in [0.717, 1.165) is 0 Å². The van der Waals surface area contributed by atoms with Gasteiger partial charge < -0.3 is 0 Å². The van der Waals surface area contributed by atoms with Gasteiger partial charge in [-0.3, -0.25) is 0 Å². The fourth-order valence-corrected chi connectivity index (χ4v) is 6.93. The van der Waals surface area contributed by atoms with E-state index in [2.05, 4.69) is 15.9 Å². The van der Waals surface area contributed by atoms with E-state index in [-0.39, 0.29) is 21.3 Å². The Bertz CT molecular complexity index is 745. The van der Waals surface area contributed by atoms with E-state index in [1.807, 2.05) is 0 Å². The normalized spacial score (nSPS) is 12.5. The zero-order valence-electron chi connectivity index (χ0n) is 11.6. The second-order valence-electron chi connectivity index (χ2n) is 4.79. The molecule has 0 N–H and O–H groups in total. The Balaban J connectivity index is 2.12. The highest BCUT2D eigenvalue weighted by atomic mass is 79.9. The fraction of sp³-hybridized carbons (Fsp3) is 0.200. The van der Waals surface area contributed by atoms with Crippen LogP contribution in [-0.2, 0) is 19.7 Å². The molecule has 0 saturated heterocycles. The number of sulfone groups is 2. The van der Waals surface area contributed by atoms with Crippen molar-refractivity contribution in [3.63, 3.8) is 0 Å². The van der Waals surface area contributed by atoms with Crippen LogP contribution < -0.4 is 0 Å². The molecule has 118 valence electrons. The summed E-state index contributed by atoms with van der Waals surface area (Å²) in [7, 11) is -7.05. The predicted molar refractivity (Wildman–Crippen MR) is 89.7 cm³/mol. The summed E-state index contributed by atoms with van der Waals surface area (Å²) in [6.45, 7) is 0. The number of hydrogen-bond donors (Lipinski definition) is 0. The molecule has 0 saturated carbocycles. The second-order valence-corrected chi connectivity index (χ2v) is 10.1. The van der Waals surface area contributed by atoms with Crippen LogP contribution in [0.5, 0.6) is 0 Å². The van der Waals surface area contributed by atoms with Crippen molar-refractivity contribution in [2.75, 3.05) is 11.5 Å². The molecule has 22 heavy (non-hydrogen) atoms. The molecule has 0 aliphatic carbocycles. The molecule has 2 aromatic rings. The SMILES string of the molecule is O=S(=O)(CC(Br)CS(=O)(=O)c1ccccc1)c1ccccc1. The van der Waals surface area contributed by atoms with E-state index in [9.17, 15) is 16.8 Å². The van der Waals surface area contributed by atoms with Crippen LogP contribution in [0, 0.1) is 0 Å². The molecule has 0 bridgehead atoms. The molecule has 0 spiro atoms. The first kappa shape index (κ1) is 17.2. The van der Waals surface area contributed by atoms with Crippen molar-refractivity contribution in [2.45, 2.75) is 14.6 Å². The van der Waals surface area contributed by atoms with Gasteiger partial charge in [-0.15, -0.1) is 0 Å². The van der Waals surface area contributed by atoms with Crippen molar-refractivity contribution in [2.24, 2.45) is 0 Å². The van der Waals surface area contributed by atoms with Crippen molar-refractivity contribution in [1.29, 1.82) is 0 Å². The van der Waals surface area contributed by atoms with Gasteiger partial charge in [-0.25, -0.2) is 16.8 Å². The molecule has 0 heterocycles. The van der Waals surface area contributed by atoms with E-state index < -0.39 is 24.5 Å². The molecule has 2 aromatic carbocycles. The summed E-state index contributed by atoms with van der Waals surface area (Å²) in [5.74, 6) is -0.549. The van der Waals surface area contributed by atoms with Crippen LogP contribution in [0.25, 0.3) is 0 Å². The van der Waals surface area contributed by atoms with Crippen LogP contribution >= 0.6 is 15.9 Å². The summed E-state index contributed by atoms with van der Waals surface area (Å²) in [6, 6.07) is 16.0. The Morgan fingerprint density at radius 1 is 0.682 bits per heavy atom. The molecule has 7 heteroatoms. The second kappa shape index (κ2) is 6.93. The lowest BCUT2D eigenvalue weighted by molar-refractivity contribution is 0.591. The summed E-state index contributed by atoms with van der Waals surface area (Å²) >= 11 is 3.19. The Hall–Kier alpha value is -1.18. The van der Waals surface area contributed by atoms with Gasteiger partial charge in [-0.05, 0) is 24.3 Å². The van der Waals surface area contributed by atoms with Crippen molar-refractivity contribution in [1.82, 2.24) is 0 Å². The van der Waals surface area contributed by atoms with E-state index in [1.165, 1.54) is 24.3 Å². The van der Waals surface area contributed by atoms with Gasteiger partial charge in [-0.2, -0.15) is 0 Å². The molecular weight excluding hydrogens is 388 g/mol. The Morgan fingerprint density at radius 3 is 1.32 bits per heavy atom. The number of benzene rings is 2. The van der Waals surface area contributed by atoms with Crippen LogP contribution in [0.15, 0.2) is 70.5 Å². The summed E-state index contributed by atoms with van der Waals surface area (Å²) in [6.07, 6.45) is 0. The van der Waals surface area contributed by atoms with Crippen LogP contribution in [0.2, 0.25) is 0 Å². The molecule has 0 aliphatic heterocycles. The van der Waals surface area contributed by atoms with Crippen LogP contribution in [-0.4, -0.2) is 33.2 Å². The highest BCUT2D eigenvalue weighted by molar-refractivity contribution is 9.09. The number of halogens is 1. The topological polar surface area (TPSA) is 68.3 Å². The highest BCUT2D eigenvalue weighted by Gasteiger charge is 2.25. The van der Waals surface area contributed by atoms with Gasteiger partial charge in [0.2, 0.25) is 0 Å². The Kier molecular flexibility index (Phi) is 5.41. The van der Waals surface area contributed by atoms with E-state index in [0.29, 0.717) is 0 Å².